The van der Waals surface area contributed by atoms with Gasteiger partial charge in [-0.3, -0.25) is 0 Å². The monoisotopic (exact) mass is 228 g/mol. The normalized spacial score (nSPS) is 26.1. The molecule has 0 aromatic heterocycles. The lowest BCUT2D eigenvalue weighted by Gasteiger charge is -2.30. The van der Waals surface area contributed by atoms with E-state index in [-0.39, 0.29) is 5.92 Å². The van der Waals surface area contributed by atoms with Crippen LogP contribution in [-0.4, -0.2) is 6.04 Å². The number of nitrogens with zero attached hydrogens (tertiary/aromatic N) is 1. The van der Waals surface area contributed by atoms with Gasteiger partial charge >= 0.3 is 0 Å². The predicted octanol–water partition coefficient (Wildman–Crippen LogP) is 3.42. The van der Waals surface area contributed by atoms with Crippen LogP contribution in [-0.2, 0) is 0 Å². The van der Waals surface area contributed by atoms with Crippen LogP contribution in [0.25, 0.3) is 0 Å². The number of nitrogens with one attached hydrogen (secondary N) is 1. The van der Waals surface area contributed by atoms with Crippen LogP contribution in [0.5, 0.6) is 0 Å². The van der Waals surface area contributed by atoms with Crippen molar-refractivity contribution in [3.63, 3.8) is 0 Å². The molecule has 0 saturated heterocycles. The van der Waals surface area contributed by atoms with Crippen molar-refractivity contribution in [3.8, 4) is 6.07 Å². The third kappa shape index (κ3) is 3.08. The van der Waals surface area contributed by atoms with Gasteiger partial charge in [-0.2, -0.15) is 5.26 Å². The van der Waals surface area contributed by atoms with E-state index in [4.69, 9.17) is 5.26 Å². The number of rotatable bonds is 3. The molecule has 1 aliphatic carbocycles. The highest BCUT2D eigenvalue weighted by Crippen LogP contribution is 2.26. The Balaban J connectivity index is 1.98. The molecule has 1 saturated carbocycles. The topological polar surface area (TPSA) is 35.8 Å². The maximum absolute atomic E-state index is 9.15. The number of benzene rings is 1. The molecule has 0 heterocycles. The fourth-order valence-corrected chi connectivity index (χ4v) is 2.64. The first-order valence-corrected chi connectivity index (χ1v) is 6.52. The quantitative estimate of drug-likeness (QED) is 0.860. The Morgan fingerprint density at radius 3 is 2.65 bits per heavy atom. The first-order chi connectivity index (χ1) is 8.31. The van der Waals surface area contributed by atoms with Gasteiger partial charge in [0.25, 0.3) is 0 Å². The molecule has 3 unspecified atom stereocenters. The minimum atomic E-state index is 0.190. The average molecular weight is 228 g/mol. The molecule has 2 rings (SSSR count). The molecule has 90 valence electrons. The number of hydrogen-bond donors (Lipinski definition) is 1. The van der Waals surface area contributed by atoms with Crippen molar-refractivity contribution in [1.29, 1.82) is 5.26 Å². The van der Waals surface area contributed by atoms with E-state index in [0.717, 1.165) is 12.8 Å². The summed E-state index contributed by atoms with van der Waals surface area (Å²) < 4.78 is 0. The second-order valence-electron chi connectivity index (χ2n) is 4.93. The Morgan fingerprint density at radius 1 is 1.24 bits per heavy atom. The highest BCUT2D eigenvalue weighted by atomic mass is 15.0. The smallest absolute Gasteiger partial charge is 0.0672 e. The van der Waals surface area contributed by atoms with Crippen molar-refractivity contribution in [3.05, 3.63) is 35.9 Å². The van der Waals surface area contributed by atoms with E-state index in [1.165, 1.54) is 18.4 Å². The summed E-state index contributed by atoms with van der Waals surface area (Å²) >= 11 is 0. The summed E-state index contributed by atoms with van der Waals surface area (Å²) in [5.41, 5.74) is 1.30. The van der Waals surface area contributed by atoms with Crippen molar-refractivity contribution in [1.82, 2.24) is 5.32 Å². The van der Waals surface area contributed by atoms with Crippen molar-refractivity contribution >= 4 is 0 Å². The van der Waals surface area contributed by atoms with Crippen LogP contribution in [0.2, 0.25) is 0 Å². The summed E-state index contributed by atoms with van der Waals surface area (Å²) in [6.07, 6.45) is 4.64. The zero-order valence-corrected chi connectivity index (χ0v) is 10.4. The highest BCUT2D eigenvalue weighted by Gasteiger charge is 2.25. The minimum absolute atomic E-state index is 0.190. The van der Waals surface area contributed by atoms with Crippen molar-refractivity contribution in [2.75, 3.05) is 0 Å². The van der Waals surface area contributed by atoms with Crippen LogP contribution in [0.4, 0.5) is 0 Å². The summed E-state index contributed by atoms with van der Waals surface area (Å²) in [6, 6.07) is 13.6. The molecule has 2 heteroatoms. The van der Waals surface area contributed by atoms with E-state index >= 15 is 0 Å². The molecule has 0 amide bonds. The molecule has 1 aliphatic rings. The van der Waals surface area contributed by atoms with Crippen LogP contribution in [0.1, 0.15) is 44.2 Å². The van der Waals surface area contributed by atoms with Gasteiger partial charge in [0.1, 0.15) is 0 Å². The van der Waals surface area contributed by atoms with E-state index < -0.39 is 0 Å². The summed E-state index contributed by atoms with van der Waals surface area (Å²) in [7, 11) is 0. The Labute approximate surface area is 104 Å². The van der Waals surface area contributed by atoms with Gasteiger partial charge in [0.2, 0.25) is 0 Å². The van der Waals surface area contributed by atoms with E-state index in [2.05, 4.69) is 42.6 Å². The predicted molar refractivity (Wildman–Crippen MR) is 69.4 cm³/mol. The molecule has 17 heavy (non-hydrogen) atoms. The summed E-state index contributed by atoms with van der Waals surface area (Å²) in [6.45, 7) is 2.18. The molecule has 2 nitrogen and oxygen atoms in total. The summed E-state index contributed by atoms with van der Waals surface area (Å²) in [5, 5.41) is 12.8. The lowest BCUT2D eigenvalue weighted by atomic mass is 9.85. The van der Waals surface area contributed by atoms with E-state index in [0.29, 0.717) is 12.1 Å². The molecule has 3 atom stereocenters. The standard InChI is InChI=1S/C15H20N2/c1-12(13-7-3-2-4-8-13)17-15-10-6-5-9-14(15)11-16/h2-4,7-8,12,14-15,17H,5-6,9-10H2,1H3. The van der Waals surface area contributed by atoms with Crippen molar-refractivity contribution in [2.24, 2.45) is 5.92 Å². The Morgan fingerprint density at radius 2 is 1.94 bits per heavy atom. The van der Waals surface area contributed by atoms with Gasteiger partial charge < -0.3 is 5.32 Å². The van der Waals surface area contributed by atoms with Gasteiger partial charge in [-0.1, -0.05) is 43.2 Å². The van der Waals surface area contributed by atoms with Crippen LogP contribution in [0, 0.1) is 17.2 Å². The van der Waals surface area contributed by atoms with Gasteiger partial charge in [0, 0.05) is 12.1 Å². The Kier molecular flexibility index (Phi) is 4.17. The van der Waals surface area contributed by atoms with E-state index in [1.54, 1.807) is 0 Å². The van der Waals surface area contributed by atoms with Gasteiger partial charge in [0.05, 0.1) is 12.0 Å². The van der Waals surface area contributed by atoms with Crippen molar-refractivity contribution < 1.29 is 0 Å². The zero-order chi connectivity index (χ0) is 12.1. The fourth-order valence-electron chi connectivity index (χ4n) is 2.64. The average Bonchev–Trinajstić information content (AvgIpc) is 2.40. The van der Waals surface area contributed by atoms with Gasteiger partial charge in [-0.25, -0.2) is 0 Å². The third-order valence-electron chi connectivity index (χ3n) is 3.70. The van der Waals surface area contributed by atoms with Crippen LogP contribution in [0.3, 0.4) is 0 Å². The molecule has 1 aromatic carbocycles. The molecular weight excluding hydrogens is 208 g/mol. The maximum atomic E-state index is 9.15. The van der Waals surface area contributed by atoms with E-state index in [1.807, 2.05) is 6.07 Å². The molecule has 0 radical (unpaired) electrons. The molecule has 1 aromatic rings. The first-order valence-electron chi connectivity index (χ1n) is 6.52. The fraction of sp³-hybridized carbons (Fsp3) is 0.533. The third-order valence-corrected chi connectivity index (χ3v) is 3.70. The lowest BCUT2D eigenvalue weighted by Crippen LogP contribution is -2.39. The molecule has 1 fully saturated rings. The van der Waals surface area contributed by atoms with Crippen LogP contribution < -0.4 is 5.32 Å². The molecular formula is C15H20N2. The molecule has 1 N–H and O–H groups in total. The van der Waals surface area contributed by atoms with Gasteiger partial charge in [-0.05, 0) is 25.3 Å². The summed E-state index contributed by atoms with van der Waals surface area (Å²) in [5.74, 6) is 0.190. The number of nitriles is 1. The molecule has 0 spiro atoms. The summed E-state index contributed by atoms with van der Waals surface area (Å²) in [4.78, 5) is 0. The SMILES string of the molecule is CC(NC1CCCCC1C#N)c1ccccc1. The second-order valence-corrected chi connectivity index (χ2v) is 4.93. The number of hydrogen-bond acceptors (Lipinski definition) is 2. The highest BCUT2D eigenvalue weighted by molar-refractivity contribution is 5.18. The first kappa shape index (κ1) is 12.1. The zero-order valence-electron chi connectivity index (χ0n) is 10.4. The molecule has 0 aliphatic heterocycles. The largest absolute Gasteiger partial charge is 0.306 e. The van der Waals surface area contributed by atoms with Crippen LogP contribution in [0.15, 0.2) is 30.3 Å². The van der Waals surface area contributed by atoms with E-state index in [9.17, 15) is 0 Å². The van der Waals surface area contributed by atoms with Crippen LogP contribution >= 0.6 is 0 Å². The second kappa shape index (κ2) is 5.84. The lowest BCUT2D eigenvalue weighted by molar-refractivity contribution is 0.292. The Bertz CT molecular complexity index is 380. The maximum Gasteiger partial charge on any atom is 0.0672 e. The van der Waals surface area contributed by atoms with Gasteiger partial charge in [0.15, 0.2) is 0 Å². The van der Waals surface area contributed by atoms with Gasteiger partial charge in [-0.15, -0.1) is 0 Å². The van der Waals surface area contributed by atoms with Crippen molar-refractivity contribution in [2.45, 2.75) is 44.7 Å². The molecule has 0 bridgehead atoms. The Hall–Kier alpha value is -1.33. The minimum Gasteiger partial charge on any atom is -0.306 e.